The van der Waals surface area contributed by atoms with Crippen LogP contribution in [0.2, 0.25) is 0 Å². The minimum absolute atomic E-state index is 0.108. The van der Waals surface area contributed by atoms with Gasteiger partial charge in [0.15, 0.2) is 5.13 Å². The third-order valence-corrected chi connectivity index (χ3v) is 6.21. The van der Waals surface area contributed by atoms with Crippen LogP contribution >= 0.6 is 11.3 Å². The van der Waals surface area contributed by atoms with E-state index in [2.05, 4.69) is 24.9 Å². The summed E-state index contributed by atoms with van der Waals surface area (Å²) in [6.45, 7) is 5.28. The topological polar surface area (TPSA) is 55.3 Å². The zero-order chi connectivity index (χ0) is 22.3. The lowest BCUT2D eigenvalue weighted by molar-refractivity contribution is 0.0984. The number of unbranched alkanes of at least 4 members (excludes halogenated alkanes) is 2. The number of carbonyl (C=O) groups is 1. The third-order valence-electron chi connectivity index (χ3n) is 5.17. The first-order valence-electron chi connectivity index (χ1n) is 10.9. The Morgan fingerprint density at radius 2 is 2.00 bits per heavy atom. The Labute approximate surface area is 192 Å². The monoisotopic (exact) mass is 445 g/mol. The molecule has 0 aliphatic carbocycles. The predicted octanol–water partition coefficient (Wildman–Crippen LogP) is 6.42. The van der Waals surface area contributed by atoms with Crippen LogP contribution in [0.5, 0.6) is 5.75 Å². The van der Waals surface area contributed by atoms with E-state index in [-0.39, 0.29) is 5.91 Å². The predicted molar refractivity (Wildman–Crippen MR) is 131 cm³/mol. The quantitative estimate of drug-likeness (QED) is 0.279. The summed E-state index contributed by atoms with van der Waals surface area (Å²) < 4.78 is 6.94. The van der Waals surface area contributed by atoms with Gasteiger partial charge in [0.05, 0.1) is 23.4 Å². The van der Waals surface area contributed by atoms with E-state index in [1.54, 1.807) is 17.3 Å². The smallest absolute Gasteiger partial charge is 0.260 e. The minimum Gasteiger partial charge on any atom is -0.494 e. The molecule has 0 saturated carbocycles. The molecule has 5 nitrogen and oxygen atoms in total. The van der Waals surface area contributed by atoms with Gasteiger partial charge in [0.1, 0.15) is 5.75 Å². The maximum Gasteiger partial charge on any atom is 0.260 e. The van der Waals surface area contributed by atoms with E-state index in [9.17, 15) is 4.79 Å². The molecule has 4 rings (SSSR count). The first kappa shape index (κ1) is 22.0. The van der Waals surface area contributed by atoms with E-state index in [1.165, 1.54) is 16.9 Å². The molecule has 0 atom stereocenters. The molecule has 6 heteroatoms. The van der Waals surface area contributed by atoms with Crippen LogP contribution in [0.15, 0.2) is 67.0 Å². The van der Waals surface area contributed by atoms with E-state index in [0.717, 1.165) is 35.0 Å². The van der Waals surface area contributed by atoms with Crippen molar-refractivity contribution in [3.63, 3.8) is 0 Å². The van der Waals surface area contributed by atoms with Gasteiger partial charge in [0.2, 0.25) is 0 Å². The number of fused-ring (bicyclic) bond motifs is 1. The van der Waals surface area contributed by atoms with E-state index >= 15 is 0 Å². The minimum atomic E-state index is -0.108. The number of pyridine rings is 1. The number of carbonyl (C=O) groups excluding carboxylic acids is 1. The van der Waals surface area contributed by atoms with E-state index in [4.69, 9.17) is 9.72 Å². The lowest BCUT2D eigenvalue weighted by atomic mass is 10.1. The van der Waals surface area contributed by atoms with Crippen molar-refractivity contribution in [2.24, 2.45) is 0 Å². The van der Waals surface area contributed by atoms with Crippen LogP contribution in [-0.4, -0.2) is 22.5 Å². The number of benzene rings is 2. The molecule has 0 aliphatic rings. The summed E-state index contributed by atoms with van der Waals surface area (Å²) in [5.74, 6) is 0.608. The Kier molecular flexibility index (Phi) is 7.12. The second-order valence-corrected chi connectivity index (χ2v) is 8.81. The van der Waals surface area contributed by atoms with Crippen molar-refractivity contribution in [1.82, 2.24) is 9.97 Å². The molecule has 1 amide bonds. The summed E-state index contributed by atoms with van der Waals surface area (Å²) in [5, 5.41) is 0.675. The summed E-state index contributed by atoms with van der Waals surface area (Å²) in [7, 11) is 0. The Hall–Kier alpha value is -3.25. The van der Waals surface area contributed by atoms with Crippen LogP contribution in [0.1, 0.15) is 47.7 Å². The van der Waals surface area contributed by atoms with E-state index in [0.29, 0.717) is 29.6 Å². The van der Waals surface area contributed by atoms with Crippen molar-refractivity contribution in [3.05, 3.63) is 83.7 Å². The van der Waals surface area contributed by atoms with Crippen molar-refractivity contribution in [2.45, 2.75) is 39.7 Å². The summed E-state index contributed by atoms with van der Waals surface area (Å²) in [4.78, 5) is 24.3. The van der Waals surface area contributed by atoms with Gasteiger partial charge in [0, 0.05) is 18.0 Å². The number of aryl methyl sites for hydroxylation is 1. The van der Waals surface area contributed by atoms with E-state index in [1.807, 2.05) is 48.5 Å². The number of hydrogen-bond acceptors (Lipinski definition) is 5. The zero-order valence-electron chi connectivity index (χ0n) is 18.5. The first-order chi connectivity index (χ1) is 15.6. The van der Waals surface area contributed by atoms with Crippen molar-refractivity contribution < 1.29 is 9.53 Å². The van der Waals surface area contributed by atoms with Crippen molar-refractivity contribution in [3.8, 4) is 5.75 Å². The number of nitrogens with zero attached hydrogens (tertiary/aromatic N) is 3. The molecular formula is C26H27N3O2S. The number of hydrogen-bond donors (Lipinski definition) is 0. The Balaban J connectivity index is 1.64. The number of amides is 1. The van der Waals surface area contributed by atoms with Crippen LogP contribution in [0.3, 0.4) is 0 Å². The average Bonchev–Trinajstić information content (AvgIpc) is 3.23. The highest BCUT2D eigenvalue weighted by Crippen LogP contribution is 2.31. The summed E-state index contributed by atoms with van der Waals surface area (Å²) >= 11 is 1.53. The van der Waals surface area contributed by atoms with Crippen LogP contribution in [-0.2, 0) is 6.54 Å². The lowest BCUT2D eigenvalue weighted by Crippen LogP contribution is -2.30. The molecule has 0 saturated heterocycles. The third kappa shape index (κ3) is 5.32. The first-order valence-corrected chi connectivity index (χ1v) is 11.8. The summed E-state index contributed by atoms with van der Waals surface area (Å²) in [5.41, 5.74) is 3.60. The Morgan fingerprint density at radius 3 is 2.81 bits per heavy atom. The molecule has 0 radical (unpaired) electrons. The number of rotatable bonds is 9. The van der Waals surface area contributed by atoms with Gasteiger partial charge in [-0.25, -0.2) is 4.98 Å². The fraction of sp³-hybridized carbons (Fsp3) is 0.269. The van der Waals surface area contributed by atoms with Gasteiger partial charge in [0.25, 0.3) is 5.91 Å². The van der Waals surface area contributed by atoms with Crippen molar-refractivity contribution in [2.75, 3.05) is 11.5 Å². The van der Waals surface area contributed by atoms with Crippen LogP contribution in [0.4, 0.5) is 5.13 Å². The van der Waals surface area contributed by atoms with Gasteiger partial charge in [-0.3, -0.25) is 14.7 Å². The zero-order valence-corrected chi connectivity index (χ0v) is 19.3. The fourth-order valence-corrected chi connectivity index (χ4v) is 4.51. The standard InChI is InChI=1S/C26H27N3O2S/c1-3-4-5-14-31-22-10-6-9-21(16-22)25(30)29(18-20-8-7-13-27-17-20)26-28-23-12-11-19(2)15-24(23)32-26/h6-13,15-17H,3-5,14,18H2,1-2H3. The average molecular weight is 446 g/mol. The van der Waals surface area contributed by atoms with Gasteiger partial charge in [-0.1, -0.05) is 49.3 Å². The highest BCUT2D eigenvalue weighted by molar-refractivity contribution is 7.22. The SMILES string of the molecule is CCCCCOc1cccc(C(=O)N(Cc2cccnc2)c2nc3ccc(C)cc3s2)c1. The van der Waals surface area contributed by atoms with Crippen molar-refractivity contribution >= 4 is 32.6 Å². The molecule has 2 aromatic heterocycles. The molecule has 2 heterocycles. The molecule has 0 fully saturated rings. The second-order valence-electron chi connectivity index (χ2n) is 7.80. The van der Waals surface area contributed by atoms with Crippen LogP contribution < -0.4 is 9.64 Å². The molecule has 4 aromatic rings. The van der Waals surface area contributed by atoms with Gasteiger partial charge < -0.3 is 4.74 Å². The number of aromatic nitrogens is 2. The molecule has 0 N–H and O–H groups in total. The molecule has 2 aromatic carbocycles. The lowest BCUT2D eigenvalue weighted by Gasteiger charge is -2.20. The Morgan fingerprint density at radius 1 is 1.09 bits per heavy atom. The van der Waals surface area contributed by atoms with Gasteiger partial charge in [-0.15, -0.1) is 0 Å². The number of thiazole rings is 1. The molecule has 32 heavy (non-hydrogen) atoms. The highest BCUT2D eigenvalue weighted by atomic mass is 32.1. The maximum absolute atomic E-state index is 13.6. The summed E-state index contributed by atoms with van der Waals surface area (Å²) in [6, 6.07) is 17.4. The molecule has 0 bridgehead atoms. The van der Waals surface area contributed by atoms with Gasteiger partial charge in [-0.05, 0) is 60.9 Å². The highest BCUT2D eigenvalue weighted by Gasteiger charge is 2.22. The Bertz CT molecular complexity index is 1190. The van der Waals surface area contributed by atoms with Crippen molar-refractivity contribution in [1.29, 1.82) is 0 Å². The summed E-state index contributed by atoms with van der Waals surface area (Å²) in [6.07, 6.45) is 6.80. The van der Waals surface area contributed by atoms with Gasteiger partial charge in [-0.2, -0.15) is 0 Å². The van der Waals surface area contributed by atoms with Gasteiger partial charge >= 0.3 is 0 Å². The van der Waals surface area contributed by atoms with Crippen LogP contribution in [0.25, 0.3) is 10.2 Å². The number of ether oxygens (including phenoxy) is 1. The normalized spacial score (nSPS) is 10.9. The molecule has 0 unspecified atom stereocenters. The van der Waals surface area contributed by atoms with Crippen LogP contribution in [0, 0.1) is 6.92 Å². The largest absolute Gasteiger partial charge is 0.494 e. The molecule has 164 valence electrons. The molecule has 0 spiro atoms. The maximum atomic E-state index is 13.6. The fourth-order valence-electron chi connectivity index (χ4n) is 3.45. The molecular weight excluding hydrogens is 418 g/mol. The second kappa shape index (κ2) is 10.4. The molecule has 0 aliphatic heterocycles. The van der Waals surface area contributed by atoms with E-state index < -0.39 is 0 Å². The number of anilines is 1.